The van der Waals surface area contributed by atoms with Gasteiger partial charge in [0.15, 0.2) is 0 Å². The molecule has 26 heavy (non-hydrogen) atoms. The molecule has 0 spiro atoms. The Hall–Kier alpha value is -2.78. The molecular formula is C20H24N4O2. The van der Waals surface area contributed by atoms with Crippen LogP contribution in [0.2, 0.25) is 0 Å². The molecular weight excluding hydrogens is 328 g/mol. The molecule has 0 saturated carbocycles. The van der Waals surface area contributed by atoms with Gasteiger partial charge in [-0.2, -0.15) is 5.26 Å². The van der Waals surface area contributed by atoms with Crippen LogP contribution in [0.3, 0.4) is 0 Å². The van der Waals surface area contributed by atoms with E-state index in [-0.39, 0.29) is 0 Å². The maximum absolute atomic E-state index is 9.63. The average Bonchev–Trinajstić information content (AvgIpc) is 2.68. The lowest BCUT2D eigenvalue weighted by Crippen LogP contribution is -2.47. The van der Waals surface area contributed by atoms with Gasteiger partial charge in [-0.1, -0.05) is 0 Å². The highest BCUT2D eigenvalue weighted by molar-refractivity contribution is 5.60. The summed E-state index contributed by atoms with van der Waals surface area (Å²) >= 11 is 0. The summed E-state index contributed by atoms with van der Waals surface area (Å²) in [6.07, 6.45) is 0. The second-order valence-electron chi connectivity index (χ2n) is 6.34. The highest BCUT2D eigenvalue weighted by Crippen LogP contribution is 2.26. The quantitative estimate of drug-likeness (QED) is 0.825. The fourth-order valence-electron chi connectivity index (χ4n) is 3.31. The minimum atomic E-state index is 0.422. The fourth-order valence-corrected chi connectivity index (χ4v) is 3.31. The molecule has 3 rings (SSSR count). The molecule has 1 fully saturated rings. The van der Waals surface area contributed by atoms with Gasteiger partial charge < -0.3 is 19.3 Å². The molecule has 1 aliphatic rings. The SMILES string of the molecule is COCc1cc(C)nc(N2CCN(c3ccc(OC)cc3)CC2)c1C#N. The molecule has 1 aliphatic heterocycles. The van der Waals surface area contributed by atoms with E-state index in [1.165, 1.54) is 5.69 Å². The lowest BCUT2D eigenvalue weighted by Gasteiger charge is -2.37. The van der Waals surface area contributed by atoms with Crippen LogP contribution >= 0.6 is 0 Å². The number of hydrogen-bond acceptors (Lipinski definition) is 6. The van der Waals surface area contributed by atoms with Crippen molar-refractivity contribution < 1.29 is 9.47 Å². The lowest BCUT2D eigenvalue weighted by molar-refractivity contribution is 0.184. The van der Waals surface area contributed by atoms with E-state index in [0.717, 1.165) is 49.0 Å². The Bertz CT molecular complexity index is 791. The smallest absolute Gasteiger partial charge is 0.147 e. The summed E-state index contributed by atoms with van der Waals surface area (Å²) < 4.78 is 10.5. The first kappa shape index (κ1) is 18.0. The Kier molecular flexibility index (Phi) is 5.59. The Morgan fingerprint density at radius 1 is 1.08 bits per heavy atom. The molecule has 2 heterocycles. The van der Waals surface area contributed by atoms with Crippen LogP contribution in [-0.4, -0.2) is 45.4 Å². The van der Waals surface area contributed by atoms with Gasteiger partial charge >= 0.3 is 0 Å². The molecule has 0 N–H and O–H groups in total. The van der Waals surface area contributed by atoms with E-state index in [0.29, 0.717) is 12.2 Å². The fraction of sp³-hybridized carbons (Fsp3) is 0.400. The van der Waals surface area contributed by atoms with Crippen LogP contribution in [0.1, 0.15) is 16.8 Å². The molecule has 0 atom stereocenters. The molecule has 1 saturated heterocycles. The first-order valence-corrected chi connectivity index (χ1v) is 8.69. The van der Waals surface area contributed by atoms with Crippen molar-refractivity contribution in [3.8, 4) is 11.8 Å². The van der Waals surface area contributed by atoms with Gasteiger partial charge in [0, 0.05) is 50.2 Å². The number of aromatic nitrogens is 1. The van der Waals surface area contributed by atoms with Crippen LogP contribution in [0.4, 0.5) is 11.5 Å². The second-order valence-corrected chi connectivity index (χ2v) is 6.34. The molecule has 6 heteroatoms. The minimum Gasteiger partial charge on any atom is -0.497 e. The second kappa shape index (κ2) is 8.07. The van der Waals surface area contributed by atoms with Crippen LogP contribution in [-0.2, 0) is 11.3 Å². The van der Waals surface area contributed by atoms with Gasteiger partial charge in [-0.25, -0.2) is 4.98 Å². The Morgan fingerprint density at radius 3 is 2.31 bits per heavy atom. The molecule has 2 aromatic rings. The number of nitriles is 1. The first-order valence-electron chi connectivity index (χ1n) is 8.69. The van der Waals surface area contributed by atoms with Crippen LogP contribution in [0.15, 0.2) is 30.3 Å². The maximum atomic E-state index is 9.63. The number of pyridine rings is 1. The number of piperazine rings is 1. The molecule has 136 valence electrons. The third-order valence-electron chi connectivity index (χ3n) is 4.64. The van der Waals surface area contributed by atoms with Gasteiger partial charge in [0.25, 0.3) is 0 Å². The van der Waals surface area contributed by atoms with Crippen molar-refractivity contribution in [1.29, 1.82) is 5.26 Å². The van der Waals surface area contributed by atoms with Gasteiger partial charge in [-0.3, -0.25) is 0 Å². The van der Waals surface area contributed by atoms with E-state index in [1.54, 1.807) is 14.2 Å². The van der Waals surface area contributed by atoms with E-state index in [2.05, 4.69) is 33.0 Å². The highest BCUT2D eigenvalue weighted by atomic mass is 16.5. The number of ether oxygens (including phenoxy) is 2. The van der Waals surface area contributed by atoms with E-state index >= 15 is 0 Å². The Labute approximate surface area is 154 Å². The number of hydrogen-bond donors (Lipinski definition) is 0. The standard InChI is InChI=1S/C20H24N4O2/c1-15-12-16(14-25-2)19(13-21)20(22-15)24-10-8-23(9-11-24)17-4-6-18(26-3)7-5-17/h4-7,12H,8-11,14H2,1-3H3. The van der Waals surface area contributed by atoms with Gasteiger partial charge in [-0.05, 0) is 37.3 Å². The number of rotatable bonds is 5. The summed E-state index contributed by atoms with van der Waals surface area (Å²) in [7, 11) is 3.32. The predicted molar refractivity (Wildman–Crippen MR) is 102 cm³/mol. The van der Waals surface area contributed by atoms with Crippen molar-refractivity contribution >= 4 is 11.5 Å². The van der Waals surface area contributed by atoms with Gasteiger partial charge in [0.2, 0.25) is 0 Å². The van der Waals surface area contributed by atoms with Crippen LogP contribution in [0.25, 0.3) is 0 Å². The summed E-state index contributed by atoms with van der Waals surface area (Å²) in [5.41, 5.74) is 3.61. The molecule has 0 radical (unpaired) electrons. The number of methoxy groups -OCH3 is 2. The number of anilines is 2. The normalized spacial score (nSPS) is 14.2. The summed E-state index contributed by atoms with van der Waals surface area (Å²) in [6.45, 7) is 5.79. The van der Waals surface area contributed by atoms with Crippen molar-refractivity contribution in [3.05, 3.63) is 47.2 Å². The molecule has 1 aromatic heterocycles. The van der Waals surface area contributed by atoms with E-state index < -0.39 is 0 Å². The summed E-state index contributed by atoms with van der Waals surface area (Å²) in [5.74, 6) is 1.63. The highest BCUT2D eigenvalue weighted by Gasteiger charge is 2.22. The minimum absolute atomic E-state index is 0.422. The zero-order valence-corrected chi connectivity index (χ0v) is 15.5. The molecule has 0 amide bonds. The first-order chi connectivity index (χ1) is 12.7. The zero-order chi connectivity index (χ0) is 18.5. The third kappa shape index (κ3) is 3.73. The number of aryl methyl sites for hydroxylation is 1. The van der Waals surface area contributed by atoms with Gasteiger partial charge in [0.05, 0.1) is 13.7 Å². The molecule has 6 nitrogen and oxygen atoms in total. The van der Waals surface area contributed by atoms with Gasteiger partial charge in [-0.15, -0.1) is 0 Å². The maximum Gasteiger partial charge on any atom is 0.147 e. The summed E-state index contributed by atoms with van der Waals surface area (Å²) in [6, 6.07) is 12.4. The monoisotopic (exact) mass is 352 g/mol. The topological polar surface area (TPSA) is 61.6 Å². The van der Waals surface area contributed by atoms with E-state index in [9.17, 15) is 5.26 Å². The zero-order valence-electron chi connectivity index (χ0n) is 15.5. The van der Waals surface area contributed by atoms with Crippen molar-refractivity contribution in [1.82, 2.24) is 4.98 Å². The summed E-state index contributed by atoms with van der Waals surface area (Å²) in [4.78, 5) is 9.18. The van der Waals surface area contributed by atoms with Crippen molar-refractivity contribution in [2.24, 2.45) is 0 Å². The average molecular weight is 352 g/mol. The van der Waals surface area contributed by atoms with E-state index in [4.69, 9.17) is 9.47 Å². The van der Waals surface area contributed by atoms with Crippen LogP contribution < -0.4 is 14.5 Å². The number of benzene rings is 1. The van der Waals surface area contributed by atoms with Gasteiger partial charge in [0.1, 0.15) is 23.2 Å². The van der Waals surface area contributed by atoms with Crippen LogP contribution in [0, 0.1) is 18.3 Å². The number of nitrogens with zero attached hydrogens (tertiary/aromatic N) is 4. The predicted octanol–water partition coefficient (Wildman–Crippen LogP) is 2.74. The molecule has 1 aromatic carbocycles. The van der Waals surface area contributed by atoms with Crippen LogP contribution in [0.5, 0.6) is 5.75 Å². The Balaban J connectivity index is 1.76. The lowest BCUT2D eigenvalue weighted by atomic mass is 10.1. The molecule has 0 bridgehead atoms. The third-order valence-corrected chi connectivity index (χ3v) is 4.64. The van der Waals surface area contributed by atoms with Crippen molar-refractivity contribution in [3.63, 3.8) is 0 Å². The molecule has 0 unspecified atom stereocenters. The summed E-state index contributed by atoms with van der Waals surface area (Å²) in [5, 5.41) is 9.63. The largest absolute Gasteiger partial charge is 0.497 e. The Morgan fingerprint density at radius 2 is 1.73 bits per heavy atom. The molecule has 0 aliphatic carbocycles. The van der Waals surface area contributed by atoms with E-state index in [1.807, 2.05) is 25.1 Å². The van der Waals surface area contributed by atoms with Crippen molar-refractivity contribution in [2.75, 3.05) is 50.2 Å². The van der Waals surface area contributed by atoms with Crippen molar-refractivity contribution in [2.45, 2.75) is 13.5 Å².